The quantitative estimate of drug-likeness (QED) is 0.748. The fraction of sp³-hybridized carbons (Fsp3) is 0.455. The Labute approximate surface area is 117 Å². The molecule has 0 saturated heterocycles. The molecule has 1 aliphatic carbocycles. The van der Waals surface area contributed by atoms with E-state index in [-0.39, 0.29) is 12.2 Å². The van der Waals surface area contributed by atoms with Crippen LogP contribution in [-0.4, -0.2) is 24.1 Å². The molecular weight excluding hydrogens is 359 g/mol. The van der Waals surface area contributed by atoms with E-state index >= 15 is 0 Å². The molecule has 0 radical (unpaired) electrons. The van der Waals surface area contributed by atoms with Crippen molar-refractivity contribution in [3.63, 3.8) is 0 Å². The van der Waals surface area contributed by atoms with E-state index in [1.165, 1.54) is 0 Å². The van der Waals surface area contributed by atoms with Crippen molar-refractivity contribution in [3.05, 3.63) is 27.7 Å². The van der Waals surface area contributed by atoms with Crippen molar-refractivity contribution in [2.24, 2.45) is 0 Å². The topological polar surface area (TPSA) is 18.5 Å². The summed E-state index contributed by atoms with van der Waals surface area (Å²) in [6.45, 7) is 0. The van der Waals surface area contributed by atoms with E-state index in [0.717, 1.165) is 10.9 Å². The largest absolute Gasteiger partial charge is 0.486 e. The fourth-order valence-corrected chi connectivity index (χ4v) is 3.32. The van der Waals surface area contributed by atoms with E-state index in [2.05, 4.69) is 31.9 Å². The van der Waals surface area contributed by atoms with Crippen molar-refractivity contribution in [1.82, 2.24) is 0 Å². The Morgan fingerprint density at radius 1 is 1.44 bits per heavy atom. The molecule has 0 heterocycles. The van der Waals surface area contributed by atoms with Crippen molar-refractivity contribution in [1.29, 1.82) is 0 Å². The normalized spacial score (nSPS) is 28.6. The lowest BCUT2D eigenvalue weighted by Gasteiger charge is -2.40. The van der Waals surface area contributed by atoms with Gasteiger partial charge in [-0.1, -0.05) is 43.5 Å². The Balaban J connectivity index is 2.04. The van der Waals surface area contributed by atoms with Crippen molar-refractivity contribution < 1.29 is 9.47 Å². The van der Waals surface area contributed by atoms with Crippen LogP contribution in [0.3, 0.4) is 0 Å². The van der Waals surface area contributed by atoms with Crippen LogP contribution in [0.5, 0.6) is 5.75 Å². The third-order valence-electron chi connectivity index (χ3n) is 2.62. The van der Waals surface area contributed by atoms with Gasteiger partial charge in [0.1, 0.15) is 18.0 Å². The number of hydrogen-bond donors (Lipinski definition) is 0. The zero-order valence-corrected chi connectivity index (χ0v) is 12.5. The lowest BCUT2D eigenvalue weighted by Crippen LogP contribution is -2.51. The molecule has 1 aromatic carbocycles. The smallest absolute Gasteiger partial charge is 0.138 e. The molecule has 0 aliphatic heterocycles. The Morgan fingerprint density at radius 2 is 2.19 bits per heavy atom. The molecule has 0 aromatic heterocycles. The van der Waals surface area contributed by atoms with Crippen LogP contribution in [-0.2, 0) is 4.74 Å². The standard InChI is InChI=1S/C11H11Br2ClO2/c1-15-11-7(13)5-10(11)16-9-3-2-6(12)4-8(9)14/h2-4,7,10-11H,5H2,1H3. The minimum absolute atomic E-state index is 0.0769. The van der Waals surface area contributed by atoms with Gasteiger partial charge in [0, 0.05) is 22.8 Å². The third-order valence-corrected chi connectivity index (χ3v) is 4.31. The monoisotopic (exact) mass is 368 g/mol. The number of methoxy groups -OCH3 is 1. The van der Waals surface area contributed by atoms with Crippen molar-refractivity contribution in [3.8, 4) is 5.75 Å². The zero-order valence-electron chi connectivity index (χ0n) is 8.62. The van der Waals surface area contributed by atoms with Crippen molar-refractivity contribution in [2.45, 2.75) is 23.5 Å². The lowest BCUT2D eigenvalue weighted by molar-refractivity contribution is -0.0544. The summed E-state index contributed by atoms with van der Waals surface area (Å²) in [7, 11) is 1.69. The molecule has 88 valence electrons. The second-order valence-corrected chi connectivity index (χ2v) is 6.18. The summed E-state index contributed by atoms with van der Waals surface area (Å²) >= 11 is 13.0. The third kappa shape index (κ3) is 2.55. The van der Waals surface area contributed by atoms with E-state index in [0.29, 0.717) is 15.6 Å². The van der Waals surface area contributed by atoms with Crippen molar-refractivity contribution >= 4 is 43.5 Å². The van der Waals surface area contributed by atoms with Gasteiger partial charge in [0.05, 0.1) is 5.02 Å². The number of halogens is 3. The Kier molecular flexibility index (Phi) is 4.16. The maximum Gasteiger partial charge on any atom is 0.138 e. The molecule has 0 bridgehead atoms. The zero-order chi connectivity index (χ0) is 11.7. The SMILES string of the molecule is COC1C(Br)CC1Oc1ccc(Br)cc1Cl. The van der Waals surface area contributed by atoms with Crippen LogP contribution >= 0.6 is 43.5 Å². The first kappa shape index (κ1) is 12.7. The van der Waals surface area contributed by atoms with Gasteiger partial charge in [0.2, 0.25) is 0 Å². The summed E-state index contributed by atoms with van der Waals surface area (Å²) in [5.74, 6) is 0.705. The van der Waals surface area contributed by atoms with Gasteiger partial charge in [0.15, 0.2) is 0 Å². The van der Waals surface area contributed by atoms with E-state index in [1.807, 2.05) is 18.2 Å². The highest BCUT2D eigenvalue weighted by Gasteiger charge is 2.41. The molecule has 1 aliphatic rings. The summed E-state index contributed by atoms with van der Waals surface area (Å²) < 4.78 is 12.1. The summed E-state index contributed by atoms with van der Waals surface area (Å²) in [5.41, 5.74) is 0. The average Bonchev–Trinajstić information content (AvgIpc) is 2.21. The molecule has 1 fully saturated rings. The van der Waals surface area contributed by atoms with Gasteiger partial charge in [0.25, 0.3) is 0 Å². The van der Waals surface area contributed by atoms with Gasteiger partial charge in [-0.05, 0) is 18.2 Å². The summed E-state index contributed by atoms with van der Waals surface area (Å²) in [4.78, 5) is 0.372. The molecule has 1 saturated carbocycles. The summed E-state index contributed by atoms with van der Waals surface area (Å²) in [6, 6.07) is 5.59. The molecule has 1 aromatic rings. The van der Waals surface area contributed by atoms with E-state index < -0.39 is 0 Å². The van der Waals surface area contributed by atoms with Crippen LogP contribution in [0.1, 0.15) is 6.42 Å². The Morgan fingerprint density at radius 3 is 2.75 bits per heavy atom. The predicted molar refractivity (Wildman–Crippen MR) is 71.7 cm³/mol. The fourth-order valence-electron chi connectivity index (χ4n) is 1.68. The second-order valence-electron chi connectivity index (χ2n) is 3.68. The highest BCUT2D eigenvalue weighted by molar-refractivity contribution is 9.10. The minimum atomic E-state index is 0.0769. The molecule has 2 nitrogen and oxygen atoms in total. The molecule has 0 N–H and O–H groups in total. The molecule has 3 atom stereocenters. The number of hydrogen-bond acceptors (Lipinski definition) is 2. The predicted octanol–water partition coefficient (Wildman–Crippen LogP) is 4.03. The van der Waals surface area contributed by atoms with Crippen molar-refractivity contribution in [2.75, 3.05) is 7.11 Å². The molecular formula is C11H11Br2ClO2. The molecule has 0 spiro atoms. The maximum absolute atomic E-state index is 6.07. The van der Waals surface area contributed by atoms with E-state index in [9.17, 15) is 0 Å². The van der Waals surface area contributed by atoms with Crippen LogP contribution in [0.2, 0.25) is 5.02 Å². The molecule has 5 heteroatoms. The first-order valence-electron chi connectivity index (χ1n) is 4.90. The molecule has 2 rings (SSSR count). The van der Waals surface area contributed by atoms with Crippen LogP contribution in [0.15, 0.2) is 22.7 Å². The molecule has 3 unspecified atom stereocenters. The minimum Gasteiger partial charge on any atom is -0.486 e. The van der Waals surface area contributed by atoms with Crippen LogP contribution in [0, 0.1) is 0 Å². The Hall–Kier alpha value is 0.230. The first-order valence-corrected chi connectivity index (χ1v) is 6.99. The Bertz CT molecular complexity index is 386. The van der Waals surface area contributed by atoms with Gasteiger partial charge < -0.3 is 9.47 Å². The molecule has 0 amide bonds. The number of alkyl halides is 1. The number of ether oxygens (including phenoxy) is 2. The van der Waals surface area contributed by atoms with E-state index in [4.69, 9.17) is 21.1 Å². The van der Waals surface area contributed by atoms with Crippen LogP contribution in [0.25, 0.3) is 0 Å². The summed E-state index contributed by atoms with van der Waals surface area (Å²) in [5, 5.41) is 0.613. The highest BCUT2D eigenvalue weighted by atomic mass is 79.9. The molecule has 16 heavy (non-hydrogen) atoms. The van der Waals surface area contributed by atoms with Gasteiger partial charge in [-0.3, -0.25) is 0 Å². The van der Waals surface area contributed by atoms with Crippen LogP contribution in [0.4, 0.5) is 0 Å². The lowest BCUT2D eigenvalue weighted by atomic mass is 9.91. The summed E-state index contributed by atoms with van der Waals surface area (Å²) in [6.07, 6.45) is 1.11. The maximum atomic E-state index is 6.07. The van der Waals surface area contributed by atoms with E-state index in [1.54, 1.807) is 7.11 Å². The number of rotatable bonds is 3. The number of benzene rings is 1. The average molecular weight is 370 g/mol. The van der Waals surface area contributed by atoms with Gasteiger partial charge >= 0.3 is 0 Å². The van der Waals surface area contributed by atoms with Gasteiger partial charge in [-0.15, -0.1) is 0 Å². The highest BCUT2D eigenvalue weighted by Crippen LogP contribution is 2.36. The van der Waals surface area contributed by atoms with Crippen LogP contribution < -0.4 is 4.74 Å². The van der Waals surface area contributed by atoms with Gasteiger partial charge in [-0.2, -0.15) is 0 Å². The first-order chi connectivity index (χ1) is 7.61. The second kappa shape index (κ2) is 5.25. The van der Waals surface area contributed by atoms with Gasteiger partial charge in [-0.25, -0.2) is 0 Å².